The number of hydrogen-bond acceptors (Lipinski definition) is 2. The molecule has 1 saturated carbocycles. The molecule has 0 aromatic heterocycles. The molecule has 1 saturated heterocycles. The minimum absolute atomic E-state index is 0.818. The van der Waals surface area contributed by atoms with Crippen LogP contribution in [0.4, 0.5) is 0 Å². The lowest BCUT2D eigenvalue weighted by Gasteiger charge is -2.18. The second-order valence-electron chi connectivity index (χ2n) is 6.17. The zero-order chi connectivity index (χ0) is 11.9. The van der Waals surface area contributed by atoms with Crippen LogP contribution in [0, 0.1) is 5.92 Å². The molecule has 17 heavy (non-hydrogen) atoms. The molecule has 0 aromatic carbocycles. The SMILES string of the molecule is CC1CCCC(NCCCN2CCCC2)CC1. The Morgan fingerprint density at radius 1 is 1.00 bits per heavy atom. The molecule has 2 unspecified atom stereocenters. The Morgan fingerprint density at radius 3 is 2.65 bits per heavy atom. The summed E-state index contributed by atoms with van der Waals surface area (Å²) < 4.78 is 0. The smallest absolute Gasteiger partial charge is 0.00671 e. The van der Waals surface area contributed by atoms with Crippen LogP contribution in [0.5, 0.6) is 0 Å². The first-order chi connectivity index (χ1) is 8.34. The molecule has 2 atom stereocenters. The van der Waals surface area contributed by atoms with E-state index in [1.807, 2.05) is 0 Å². The van der Waals surface area contributed by atoms with Crippen molar-refractivity contribution in [3.8, 4) is 0 Å². The highest BCUT2D eigenvalue weighted by atomic mass is 15.1. The van der Waals surface area contributed by atoms with Crippen molar-refractivity contribution in [3.05, 3.63) is 0 Å². The molecule has 2 rings (SSSR count). The van der Waals surface area contributed by atoms with E-state index in [1.54, 1.807) is 0 Å². The maximum atomic E-state index is 3.78. The molecule has 0 radical (unpaired) electrons. The van der Waals surface area contributed by atoms with E-state index in [0.29, 0.717) is 0 Å². The van der Waals surface area contributed by atoms with Crippen molar-refractivity contribution in [3.63, 3.8) is 0 Å². The minimum atomic E-state index is 0.818. The summed E-state index contributed by atoms with van der Waals surface area (Å²) in [6.45, 7) is 7.66. The van der Waals surface area contributed by atoms with E-state index in [9.17, 15) is 0 Å². The van der Waals surface area contributed by atoms with E-state index < -0.39 is 0 Å². The Kier molecular flexibility index (Phi) is 5.79. The van der Waals surface area contributed by atoms with Gasteiger partial charge in [0.1, 0.15) is 0 Å². The molecule has 100 valence electrons. The molecular formula is C15H30N2. The first kappa shape index (κ1) is 13.4. The average molecular weight is 238 g/mol. The van der Waals surface area contributed by atoms with Crippen LogP contribution in [-0.2, 0) is 0 Å². The van der Waals surface area contributed by atoms with Crippen molar-refractivity contribution in [2.24, 2.45) is 5.92 Å². The first-order valence-electron chi connectivity index (χ1n) is 7.80. The third kappa shape index (κ3) is 4.97. The molecule has 0 spiro atoms. The number of nitrogens with one attached hydrogen (secondary N) is 1. The fourth-order valence-electron chi connectivity index (χ4n) is 3.31. The van der Waals surface area contributed by atoms with Gasteiger partial charge in [-0.3, -0.25) is 0 Å². The number of rotatable bonds is 5. The van der Waals surface area contributed by atoms with E-state index in [4.69, 9.17) is 0 Å². The van der Waals surface area contributed by atoms with Crippen molar-refractivity contribution in [1.82, 2.24) is 10.2 Å². The fraction of sp³-hybridized carbons (Fsp3) is 1.00. The topological polar surface area (TPSA) is 15.3 Å². The zero-order valence-electron chi connectivity index (χ0n) is 11.6. The van der Waals surface area contributed by atoms with Gasteiger partial charge in [0.25, 0.3) is 0 Å². The van der Waals surface area contributed by atoms with Gasteiger partial charge in [0.05, 0.1) is 0 Å². The second kappa shape index (κ2) is 7.38. The van der Waals surface area contributed by atoms with Crippen LogP contribution in [0.3, 0.4) is 0 Å². The van der Waals surface area contributed by atoms with Crippen molar-refractivity contribution < 1.29 is 0 Å². The summed E-state index contributed by atoms with van der Waals surface area (Å²) in [6.07, 6.45) is 11.3. The van der Waals surface area contributed by atoms with E-state index in [-0.39, 0.29) is 0 Å². The lowest BCUT2D eigenvalue weighted by molar-refractivity contribution is 0.324. The summed E-state index contributed by atoms with van der Waals surface area (Å²) in [6, 6.07) is 0.818. The lowest BCUT2D eigenvalue weighted by atomic mass is 10.0. The zero-order valence-corrected chi connectivity index (χ0v) is 11.6. The van der Waals surface area contributed by atoms with Crippen LogP contribution in [0.15, 0.2) is 0 Å². The quantitative estimate of drug-likeness (QED) is 0.585. The normalized spacial score (nSPS) is 31.6. The molecule has 0 bridgehead atoms. The van der Waals surface area contributed by atoms with Gasteiger partial charge in [0, 0.05) is 6.04 Å². The molecule has 1 N–H and O–H groups in total. The van der Waals surface area contributed by atoms with E-state index in [0.717, 1.165) is 12.0 Å². The van der Waals surface area contributed by atoms with Crippen LogP contribution in [-0.4, -0.2) is 37.1 Å². The van der Waals surface area contributed by atoms with Gasteiger partial charge in [-0.15, -0.1) is 0 Å². The fourth-order valence-corrected chi connectivity index (χ4v) is 3.31. The molecule has 1 heterocycles. The Balaban J connectivity index is 1.52. The standard InChI is InChI=1S/C15H30N2/c1-14-6-4-7-15(9-8-14)16-10-5-13-17-11-2-3-12-17/h14-16H,2-13H2,1H3. The third-order valence-electron chi connectivity index (χ3n) is 4.54. The first-order valence-corrected chi connectivity index (χ1v) is 7.80. The number of nitrogens with zero attached hydrogens (tertiary/aromatic N) is 1. The maximum Gasteiger partial charge on any atom is 0.00671 e. The molecule has 2 aliphatic rings. The molecule has 2 nitrogen and oxygen atoms in total. The molecule has 0 aromatic rings. The Bertz CT molecular complexity index is 199. The van der Waals surface area contributed by atoms with Crippen molar-refractivity contribution >= 4 is 0 Å². The monoisotopic (exact) mass is 238 g/mol. The van der Waals surface area contributed by atoms with Gasteiger partial charge in [-0.2, -0.15) is 0 Å². The predicted octanol–water partition coefficient (Wildman–Crippen LogP) is 3.03. The summed E-state index contributed by atoms with van der Waals surface area (Å²) in [5, 5.41) is 3.78. The Hall–Kier alpha value is -0.0800. The average Bonchev–Trinajstić information content (AvgIpc) is 2.75. The number of likely N-dealkylation sites (tertiary alicyclic amines) is 1. The third-order valence-corrected chi connectivity index (χ3v) is 4.54. The van der Waals surface area contributed by atoms with Crippen LogP contribution in [0.2, 0.25) is 0 Å². The summed E-state index contributed by atoms with van der Waals surface area (Å²) in [7, 11) is 0. The summed E-state index contributed by atoms with van der Waals surface area (Å²) in [4.78, 5) is 2.62. The number of hydrogen-bond donors (Lipinski definition) is 1. The van der Waals surface area contributed by atoms with Gasteiger partial charge in [0.15, 0.2) is 0 Å². The van der Waals surface area contributed by atoms with E-state index in [1.165, 1.54) is 77.5 Å². The van der Waals surface area contributed by atoms with Gasteiger partial charge < -0.3 is 10.2 Å². The van der Waals surface area contributed by atoms with Crippen LogP contribution < -0.4 is 5.32 Å². The molecule has 1 aliphatic carbocycles. The van der Waals surface area contributed by atoms with E-state index >= 15 is 0 Å². The highest BCUT2D eigenvalue weighted by molar-refractivity contribution is 4.74. The van der Waals surface area contributed by atoms with Crippen molar-refractivity contribution in [2.75, 3.05) is 26.2 Å². The molecule has 2 heteroatoms. The summed E-state index contributed by atoms with van der Waals surface area (Å²) >= 11 is 0. The minimum Gasteiger partial charge on any atom is -0.314 e. The Labute approximate surface area is 107 Å². The van der Waals surface area contributed by atoms with E-state index in [2.05, 4.69) is 17.1 Å². The van der Waals surface area contributed by atoms with Gasteiger partial charge in [-0.1, -0.05) is 19.8 Å². The molecular weight excluding hydrogens is 208 g/mol. The summed E-state index contributed by atoms with van der Waals surface area (Å²) in [5.74, 6) is 0.964. The van der Waals surface area contributed by atoms with Crippen molar-refractivity contribution in [2.45, 2.75) is 64.3 Å². The van der Waals surface area contributed by atoms with Crippen LogP contribution in [0.25, 0.3) is 0 Å². The second-order valence-corrected chi connectivity index (χ2v) is 6.17. The van der Waals surface area contributed by atoms with Crippen LogP contribution >= 0.6 is 0 Å². The largest absolute Gasteiger partial charge is 0.314 e. The Morgan fingerprint density at radius 2 is 1.82 bits per heavy atom. The van der Waals surface area contributed by atoms with Gasteiger partial charge in [-0.25, -0.2) is 0 Å². The van der Waals surface area contributed by atoms with Crippen molar-refractivity contribution in [1.29, 1.82) is 0 Å². The lowest BCUT2D eigenvalue weighted by Crippen LogP contribution is -2.31. The van der Waals surface area contributed by atoms with Gasteiger partial charge >= 0.3 is 0 Å². The predicted molar refractivity (Wildman–Crippen MR) is 74.3 cm³/mol. The maximum absolute atomic E-state index is 3.78. The van der Waals surface area contributed by atoms with Gasteiger partial charge in [0.2, 0.25) is 0 Å². The van der Waals surface area contributed by atoms with Gasteiger partial charge in [-0.05, 0) is 70.6 Å². The molecule has 1 aliphatic heterocycles. The highest BCUT2D eigenvalue weighted by Crippen LogP contribution is 2.22. The molecule has 0 amide bonds. The van der Waals surface area contributed by atoms with Crippen LogP contribution in [0.1, 0.15) is 58.3 Å². The highest BCUT2D eigenvalue weighted by Gasteiger charge is 2.15. The summed E-state index contributed by atoms with van der Waals surface area (Å²) in [5.41, 5.74) is 0. The molecule has 2 fully saturated rings.